The van der Waals surface area contributed by atoms with Gasteiger partial charge in [0.2, 0.25) is 0 Å². The molecule has 0 bridgehead atoms. The van der Waals surface area contributed by atoms with Crippen molar-refractivity contribution in [2.45, 2.75) is 5.92 Å². The maximum atomic E-state index is 12.1. The number of rotatable bonds is 4. The molecule has 5 rings (SSSR count). The average Bonchev–Trinajstić information content (AvgIpc) is 3.25. The number of halogens is 1. The number of anilines is 1. The molecule has 2 atom stereocenters. The number of fused-ring (bicyclic) bond motifs is 1. The van der Waals surface area contributed by atoms with Gasteiger partial charge in [0.25, 0.3) is 0 Å². The summed E-state index contributed by atoms with van der Waals surface area (Å²) >= 11 is 3.52. The maximum absolute atomic E-state index is 12.1. The lowest BCUT2D eigenvalue weighted by Crippen LogP contribution is -2.24. The van der Waals surface area contributed by atoms with Gasteiger partial charge in [-0.1, -0.05) is 70.5 Å². The zero-order valence-corrected chi connectivity index (χ0v) is 18.2. The molecule has 3 aromatic carbocycles. The Morgan fingerprint density at radius 1 is 0.935 bits per heavy atom. The number of aromatic nitrogens is 2. The first-order valence-corrected chi connectivity index (χ1v) is 10.9. The lowest BCUT2D eigenvalue weighted by molar-refractivity contribution is -0.141. The molecular weight excluding hydrogens is 454 g/mol. The van der Waals surface area contributed by atoms with Crippen LogP contribution in [0.2, 0.25) is 0 Å². The zero-order chi connectivity index (χ0) is 21.4. The van der Waals surface area contributed by atoms with Crippen molar-refractivity contribution in [1.29, 1.82) is 0 Å². The van der Waals surface area contributed by atoms with Gasteiger partial charge >= 0.3 is 5.97 Å². The van der Waals surface area contributed by atoms with Gasteiger partial charge in [0.05, 0.1) is 11.4 Å². The fourth-order valence-electron chi connectivity index (χ4n) is 4.32. The predicted molar refractivity (Wildman–Crippen MR) is 125 cm³/mol. The number of aliphatic carboxylic acids is 1. The number of carbonyl (C=O) groups is 1. The minimum atomic E-state index is -0.776. The van der Waals surface area contributed by atoms with Crippen LogP contribution in [-0.2, 0) is 4.79 Å². The molecule has 1 fully saturated rings. The van der Waals surface area contributed by atoms with E-state index in [0.717, 1.165) is 32.3 Å². The van der Waals surface area contributed by atoms with E-state index in [1.165, 1.54) is 0 Å². The number of benzene rings is 3. The topological polar surface area (TPSA) is 66.3 Å². The number of carboxylic acids is 1. The Morgan fingerprint density at radius 3 is 2.48 bits per heavy atom. The Morgan fingerprint density at radius 2 is 1.71 bits per heavy atom. The van der Waals surface area contributed by atoms with Gasteiger partial charge in [0, 0.05) is 34.4 Å². The van der Waals surface area contributed by atoms with Crippen molar-refractivity contribution in [2.24, 2.45) is 5.92 Å². The van der Waals surface area contributed by atoms with Gasteiger partial charge < -0.3 is 10.0 Å². The molecule has 1 N–H and O–H groups in total. The molecule has 0 amide bonds. The number of carboxylic acid groups (broad SMARTS) is 1. The van der Waals surface area contributed by atoms with Crippen LogP contribution in [0, 0.1) is 5.92 Å². The van der Waals surface area contributed by atoms with Crippen molar-refractivity contribution in [3.63, 3.8) is 0 Å². The van der Waals surface area contributed by atoms with Crippen LogP contribution in [0.4, 0.5) is 5.82 Å². The molecule has 6 heteroatoms. The molecule has 1 aromatic heterocycles. The standard InChI is InChI=1S/C25H20BrN3O2/c26-18-10-6-9-17(13-18)23-27-22-12-5-4-11-19(22)24(28-23)29-14-20(21(15-29)25(30)31)16-7-2-1-3-8-16/h1-13,20-21H,14-15H2,(H,30,31). The van der Waals surface area contributed by atoms with E-state index >= 15 is 0 Å². The molecule has 31 heavy (non-hydrogen) atoms. The summed E-state index contributed by atoms with van der Waals surface area (Å²) in [6, 6.07) is 25.7. The second kappa shape index (κ2) is 8.12. The van der Waals surface area contributed by atoms with E-state index in [4.69, 9.17) is 9.97 Å². The summed E-state index contributed by atoms with van der Waals surface area (Å²) in [6.45, 7) is 1.01. The lowest BCUT2D eigenvalue weighted by Gasteiger charge is -2.20. The summed E-state index contributed by atoms with van der Waals surface area (Å²) in [5.74, 6) is 0.0458. The second-order valence-electron chi connectivity index (χ2n) is 7.77. The van der Waals surface area contributed by atoms with E-state index in [2.05, 4.69) is 20.8 Å². The molecule has 1 aliphatic heterocycles. The van der Waals surface area contributed by atoms with Crippen LogP contribution in [0.3, 0.4) is 0 Å². The number of para-hydroxylation sites is 1. The van der Waals surface area contributed by atoms with Gasteiger partial charge in [0.15, 0.2) is 5.82 Å². The van der Waals surface area contributed by atoms with Crippen LogP contribution < -0.4 is 4.90 Å². The fraction of sp³-hybridized carbons (Fsp3) is 0.160. The smallest absolute Gasteiger partial charge is 0.308 e. The van der Waals surface area contributed by atoms with Crippen LogP contribution in [0.15, 0.2) is 83.3 Å². The van der Waals surface area contributed by atoms with E-state index in [0.29, 0.717) is 18.9 Å². The molecule has 0 radical (unpaired) electrons. The van der Waals surface area contributed by atoms with Gasteiger partial charge in [-0.2, -0.15) is 0 Å². The third kappa shape index (κ3) is 3.79. The molecule has 2 heterocycles. The minimum Gasteiger partial charge on any atom is -0.481 e. The van der Waals surface area contributed by atoms with E-state index in [1.807, 2.05) is 78.9 Å². The molecule has 1 aliphatic rings. The molecule has 2 unspecified atom stereocenters. The van der Waals surface area contributed by atoms with Crippen molar-refractivity contribution in [2.75, 3.05) is 18.0 Å². The molecular formula is C25H20BrN3O2. The van der Waals surface area contributed by atoms with Crippen LogP contribution in [0.1, 0.15) is 11.5 Å². The van der Waals surface area contributed by atoms with Gasteiger partial charge in [-0.15, -0.1) is 0 Å². The largest absolute Gasteiger partial charge is 0.481 e. The predicted octanol–water partition coefficient (Wildman–Crippen LogP) is 5.36. The van der Waals surface area contributed by atoms with Crippen molar-refractivity contribution in [3.8, 4) is 11.4 Å². The van der Waals surface area contributed by atoms with E-state index in [1.54, 1.807) is 0 Å². The van der Waals surface area contributed by atoms with Crippen LogP contribution in [-0.4, -0.2) is 34.1 Å². The number of hydrogen-bond donors (Lipinski definition) is 1. The van der Waals surface area contributed by atoms with Crippen molar-refractivity contribution >= 4 is 38.6 Å². The van der Waals surface area contributed by atoms with Gasteiger partial charge in [-0.05, 0) is 29.8 Å². The molecule has 0 saturated carbocycles. The molecule has 0 spiro atoms. The fourth-order valence-corrected chi connectivity index (χ4v) is 4.72. The van der Waals surface area contributed by atoms with Gasteiger partial charge in [-0.25, -0.2) is 9.97 Å². The summed E-state index contributed by atoms with van der Waals surface area (Å²) in [5, 5.41) is 10.9. The Bertz CT molecular complexity index is 1260. The quantitative estimate of drug-likeness (QED) is 0.431. The lowest BCUT2D eigenvalue weighted by atomic mass is 9.89. The first-order chi connectivity index (χ1) is 15.1. The molecule has 0 aliphatic carbocycles. The van der Waals surface area contributed by atoms with Crippen molar-refractivity contribution in [3.05, 3.63) is 88.9 Å². The highest BCUT2D eigenvalue weighted by Crippen LogP contribution is 2.38. The highest BCUT2D eigenvalue weighted by molar-refractivity contribution is 9.10. The van der Waals surface area contributed by atoms with Crippen molar-refractivity contribution in [1.82, 2.24) is 9.97 Å². The average molecular weight is 474 g/mol. The van der Waals surface area contributed by atoms with E-state index in [9.17, 15) is 9.90 Å². The monoisotopic (exact) mass is 473 g/mol. The Labute approximate surface area is 188 Å². The number of nitrogens with zero attached hydrogens (tertiary/aromatic N) is 3. The SMILES string of the molecule is O=C(O)C1CN(c2nc(-c3cccc(Br)c3)nc3ccccc23)CC1c1ccccc1. The summed E-state index contributed by atoms with van der Waals surface area (Å²) in [4.78, 5) is 23.9. The molecule has 1 saturated heterocycles. The van der Waals surface area contributed by atoms with Crippen LogP contribution in [0.5, 0.6) is 0 Å². The minimum absolute atomic E-state index is 0.0956. The zero-order valence-electron chi connectivity index (χ0n) is 16.6. The first kappa shape index (κ1) is 19.7. The molecule has 5 nitrogen and oxygen atoms in total. The summed E-state index contributed by atoms with van der Waals surface area (Å²) in [6.07, 6.45) is 0. The Balaban J connectivity index is 1.61. The van der Waals surface area contributed by atoms with Gasteiger partial charge in [-0.3, -0.25) is 4.79 Å². The summed E-state index contributed by atoms with van der Waals surface area (Å²) in [5.41, 5.74) is 2.80. The Kier molecular flexibility index (Phi) is 5.16. The summed E-state index contributed by atoms with van der Waals surface area (Å²) < 4.78 is 0.958. The van der Waals surface area contributed by atoms with Crippen LogP contribution >= 0.6 is 15.9 Å². The third-order valence-electron chi connectivity index (χ3n) is 5.83. The van der Waals surface area contributed by atoms with Crippen LogP contribution in [0.25, 0.3) is 22.3 Å². The van der Waals surface area contributed by atoms with Crippen molar-refractivity contribution < 1.29 is 9.90 Å². The summed E-state index contributed by atoms with van der Waals surface area (Å²) in [7, 11) is 0. The maximum Gasteiger partial charge on any atom is 0.308 e. The third-order valence-corrected chi connectivity index (χ3v) is 6.32. The van der Waals surface area contributed by atoms with E-state index in [-0.39, 0.29) is 5.92 Å². The highest BCUT2D eigenvalue weighted by atomic mass is 79.9. The van der Waals surface area contributed by atoms with Gasteiger partial charge in [0.1, 0.15) is 5.82 Å². The highest BCUT2D eigenvalue weighted by Gasteiger charge is 2.39. The number of hydrogen-bond acceptors (Lipinski definition) is 4. The first-order valence-electron chi connectivity index (χ1n) is 10.2. The van der Waals surface area contributed by atoms with E-state index < -0.39 is 11.9 Å². The molecule has 4 aromatic rings. The Hall–Kier alpha value is -3.25. The normalized spacial score (nSPS) is 18.4. The molecule has 154 valence electrons. The second-order valence-corrected chi connectivity index (χ2v) is 8.68.